The monoisotopic (exact) mass is 486 g/mol. The molecule has 4 aromatic rings. The molecule has 1 aliphatic rings. The second kappa shape index (κ2) is 9.07. The van der Waals surface area contributed by atoms with E-state index < -0.39 is 16.1 Å². The molecule has 0 bridgehead atoms. The molecule has 2 heterocycles. The van der Waals surface area contributed by atoms with Crippen molar-refractivity contribution in [2.75, 3.05) is 9.21 Å². The number of amides is 1. The third kappa shape index (κ3) is 4.12. The summed E-state index contributed by atoms with van der Waals surface area (Å²) in [6, 6.07) is 26.1. The number of benzene rings is 3. The van der Waals surface area contributed by atoms with Crippen LogP contribution in [0.1, 0.15) is 41.1 Å². The third-order valence-electron chi connectivity index (χ3n) is 6.38. The minimum Gasteiger partial charge on any atom is -0.459 e. The number of carbonyl (C=O) groups excluding carboxylic acids is 1. The van der Waals surface area contributed by atoms with Gasteiger partial charge in [0.15, 0.2) is 5.76 Å². The van der Waals surface area contributed by atoms with Gasteiger partial charge in [0.1, 0.15) is 0 Å². The standard InChI is InChI=1S/C28H26N2O4S/c1-20-14-16-23(17-15-20)35(32,33)30(22-9-4-3-5-10-22)26-19-21(2)29(25-12-7-6-11-24(25)26)28(31)27-13-8-18-34-27/h3-18,21,26H,19H2,1-2H3/t21-,26+/m1/s1. The summed E-state index contributed by atoms with van der Waals surface area (Å²) in [6.45, 7) is 3.86. The highest BCUT2D eigenvalue weighted by molar-refractivity contribution is 7.92. The molecule has 0 fully saturated rings. The van der Waals surface area contributed by atoms with Gasteiger partial charge in [-0.15, -0.1) is 0 Å². The van der Waals surface area contributed by atoms with Crippen LogP contribution in [0, 0.1) is 6.92 Å². The van der Waals surface area contributed by atoms with Gasteiger partial charge >= 0.3 is 0 Å². The smallest absolute Gasteiger partial charge is 0.294 e. The van der Waals surface area contributed by atoms with E-state index in [0.717, 1.165) is 11.1 Å². The molecule has 0 radical (unpaired) electrons. The van der Waals surface area contributed by atoms with E-state index in [4.69, 9.17) is 4.42 Å². The van der Waals surface area contributed by atoms with Gasteiger partial charge in [-0.2, -0.15) is 0 Å². The molecule has 0 N–H and O–H groups in total. The van der Waals surface area contributed by atoms with Crippen LogP contribution >= 0.6 is 0 Å². The fourth-order valence-corrected chi connectivity index (χ4v) is 6.36. The van der Waals surface area contributed by atoms with Crippen LogP contribution in [0.15, 0.2) is 107 Å². The number of para-hydroxylation sites is 2. The maximum absolute atomic E-state index is 14.1. The molecule has 1 aromatic heterocycles. The van der Waals surface area contributed by atoms with Gasteiger partial charge in [0.05, 0.1) is 22.9 Å². The number of rotatable bonds is 5. The SMILES string of the molecule is Cc1ccc(S(=O)(=O)N(c2ccccc2)[C@H]2C[C@@H](C)N(C(=O)c3ccco3)c3ccccc32)cc1. The number of sulfonamides is 1. The lowest BCUT2D eigenvalue weighted by Crippen LogP contribution is -2.47. The minimum absolute atomic E-state index is 0.228. The third-order valence-corrected chi connectivity index (χ3v) is 8.23. The first-order chi connectivity index (χ1) is 16.9. The molecule has 35 heavy (non-hydrogen) atoms. The average Bonchev–Trinajstić information content (AvgIpc) is 3.40. The molecule has 1 amide bonds. The van der Waals surface area contributed by atoms with Crippen LogP contribution in [0.2, 0.25) is 0 Å². The molecule has 178 valence electrons. The van der Waals surface area contributed by atoms with Crippen LogP contribution in [0.3, 0.4) is 0 Å². The summed E-state index contributed by atoms with van der Waals surface area (Å²) in [4.78, 5) is 15.3. The van der Waals surface area contributed by atoms with E-state index in [1.807, 2.05) is 56.3 Å². The van der Waals surface area contributed by atoms with Gasteiger partial charge < -0.3 is 9.32 Å². The Bertz CT molecular complexity index is 1430. The minimum atomic E-state index is -3.91. The van der Waals surface area contributed by atoms with Crippen molar-refractivity contribution in [3.05, 3.63) is 114 Å². The maximum Gasteiger partial charge on any atom is 0.294 e. The average molecular weight is 487 g/mol. The predicted molar refractivity (Wildman–Crippen MR) is 136 cm³/mol. The second-order valence-corrected chi connectivity index (χ2v) is 10.6. The molecular weight excluding hydrogens is 460 g/mol. The molecular formula is C28H26N2O4S. The van der Waals surface area contributed by atoms with Crippen molar-refractivity contribution in [2.24, 2.45) is 0 Å². The molecule has 7 heteroatoms. The summed E-state index contributed by atoms with van der Waals surface area (Å²) in [5, 5.41) is 0. The number of hydrogen-bond donors (Lipinski definition) is 0. The zero-order chi connectivity index (χ0) is 24.6. The Labute approximate surface area is 205 Å². The topological polar surface area (TPSA) is 70.8 Å². The van der Waals surface area contributed by atoms with Crippen molar-refractivity contribution >= 4 is 27.3 Å². The molecule has 0 saturated carbocycles. The largest absolute Gasteiger partial charge is 0.459 e. The summed E-state index contributed by atoms with van der Waals surface area (Å²) in [6.07, 6.45) is 1.89. The number of aryl methyl sites for hydroxylation is 1. The molecule has 0 spiro atoms. The van der Waals surface area contributed by atoms with E-state index in [2.05, 4.69) is 0 Å². The highest BCUT2D eigenvalue weighted by atomic mass is 32.2. The quantitative estimate of drug-likeness (QED) is 0.349. The van der Waals surface area contributed by atoms with Gasteiger partial charge in [0, 0.05) is 11.7 Å². The molecule has 3 aromatic carbocycles. The van der Waals surface area contributed by atoms with E-state index in [1.54, 1.807) is 53.4 Å². The van der Waals surface area contributed by atoms with Crippen LogP contribution in [0.4, 0.5) is 11.4 Å². The van der Waals surface area contributed by atoms with Crippen molar-refractivity contribution in [1.29, 1.82) is 0 Å². The van der Waals surface area contributed by atoms with E-state index in [1.165, 1.54) is 10.6 Å². The molecule has 5 rings (SSSR count). The Morgan fingerprint density at radius 3 is 2.29 bits per heavy atom. The van der Waals surface area contributed by atoms with Crippen molar-refractivity contribution < 1.29 is 17.6 Å². The number of nitrogens with zero attached hydrogens (tertiary/aromatic N) is 2. The number of anilines is 2. The summed E-state index contributed by atoms with van der Waals surface area (Å²) >= 11 is 0. The highest BCUT2D eigenvalue weighted by Gasteiger charge is 2.41. The lowest BCUT2D eigenvalue weighted by atomic mass is 9.91. The molecule has 0 aliphatic carbocycles. The fraction of sp³-hybridized carbons (Fsp3) is 0.179. The molecule has 6 nitrogen and oxygen atoms in total. The van der Waals surface area contributed by atoms with E-state index >= 15 is 0 Å². The van der Waals surface area contributed by atoms with Gasteiger partial charge in [0.25, 0.3) is 15.9 Å². The zero-order valence-electron chi connectivity index (χ0n) is 19.5. The predicted octanol–water partition coefficient (Wildman–Crippen LogP) is 5.96. The molecule has 1 aliphatic heterocycles. The first-order valence-electron chi connectivity index (χ1n) is 11.5. The van der Waals surface area contributed by atoms with Crippen LogP contribution < -0.4 is 9.21 Å². The lowest BCUT2D eigenvalue weighted by Gasteiger charge is -2.43. The van der Waals surface area contributed by atoms with Crippen molar-refractivity contribution in [3.63, 3.8) is 0 Å². The number of hydrogen-bond acceptors (Lipinski definition) is 4. The first-order valence-corrected chi connectivity index (χ1v) is 12.9. The van der Waals surface area contributed by atoms with Gasteiger partial charge in [-0.05, 0) is 68.3 Å². The van der Waals surface area contributed by atoms with Gasteiger partial charge in [-0.3, -0.25) is 9.10 Å². The highest BCUT2D eigenvalue weighted by Crippen LogP contribution is 2.44. The zero-order valence-corrected chi connectivity index (χ0v) is 20.4. The Balaban J connectivity index is 1.66. The summed E-state index contributed by atoms with van der Waals surface area (Å²) < 4.78 is 35.1. The Morgan fingerprint density at radius 2 is 1.60 bits per heavy atom. The molecule has 0 unspecified atom stereocenters. The van der Waals surface area contributed by atoms with Gasteiger partial charge in [0.2, 0.25) is 0 Å². The number of fused-ring (bicyclic) bond motifs is 1. The van der Waals surface area contributed by atoms with E-state index in [-0.39, 0.29) is 22.6 Å². The Morgan fingerprint density at radius 1 is 0.914 bits per heavy atom. The molecule has 2 atom stereocenters. The van der Waals surface area contributed by atoms with E-state index in [9.17, 15) is 13.2 Å². The summed E-state index contributed by atoms with van der Waals surface area (Å²) in [5.74, 6) is -0.00153. The van der Waals surface area contributed by atoms with Gasteiger partial charge in [-0.25, -0.2) is 8.42 Å². The molecule has 0 saturated heterocycles. The maximum atomic E-state index is 14.1. The first kappa shape index (κ1) is 22.9. The fourth-order valence-electron chi connectivity index (χ4n) is 4.72. The summed E-state index contributed by atoms with van der Waals surface area (Å²) in [5.41, 5.74) is 3.01. The Hall–Kier alpha value is -3.84. The van der Waals surface area contributed by atoms with Crippen LogP contribution in [0.25, 0.3) is 0 Å². The van der Waals surface area contributed by atoms with Crippen LogP contribution in [-0.2, 0) is 10.0 Å². The van der Waals surface area contributed by atoms with Crippen molar-refractivity contribution in [3.8, 4) is 0 Å². The number of furan rings is 1. The van der Waals surface area contributed by atoms with Crippen LogP contribution in [0.5, 0.6) is 0 Å². The second-order valence-electron chi connectivity index (χ2n) is 8.76. The van der Waals surface area contributed by atoms with E-state index in [0.29, 0.717) is 17.8 Å². The van der Waals surface area contributed by atoms with Crippen molar-refractivity contribution in [2.45, 2.75) is 37.2 Å². The normalized spacial score (nSPS) is 17.6. The summed E-state index contributed by atoms with van der Waals surface area (Å²) in [7, 11) is -3.91. The number of carbonyl (C=O) groups is 1. The van der Waals surface area contributed by atoms with Crippen molar-refractivity contribution in [1.82, 2.24) is 0 Å². The lowest BCUT2D eigenvalue weighted by molar-refractivity contribution is 0.0947. The van der Waals surface area contributed by atoms with Gasteiger partial charge in [-0.1, -0.05) is 54.1 Å². The Kier molecular flexibility index (Phi) is 5.94. The van der Waals surface area contributed by atoms with Crippen LogP contribution in [-0.4, -0.2) is 20.4 Å².